The van der Waals surface area contributed by atoms with Crippen LogP contribution in [0.1, 0.15) is 24.1 Å². The first kappa shape index (κ1) is 18.3. The Bertz CT molecular complexity index is 867. The lowest BCUT2D eigenvalue weighted by atomic mass is 10.2. The molecular weight excluding hydrogens is 376 g/mol. The molecule has 1 fully saturated rings. The summed E-state index contributed by atoms with van der Waals surface area (Å²) < 4.78 is 0. The molecule has 9 heteroatoms. The van der Waals surface area contributed by atoms with Gasteiger partial charge in [0.2, 0.25) is 17.7 Å². The molecule has 1 aromatic carbocycles. The zero-order valence-corrected chi connectivity index (χ0v) is 15.5. The lowest BCUT2D eigenvalue weighted by molar-refractivity contribution is -0.122. The molecule has 0 aliphatic carbocycles. The van der Waals surface area contributed by atoms with Crippen LogP contribution in [0.2, 0.25) is 5.02 Å². The van der Waals surface area contributed by atoms with Crippen LogP contribution in [0.15, 0.2) is 23.6 Å². The van der Waals surface area contributed by atoms with Gasteiger partial charge < -0.3 is 16.0 Å². The highest BCUT2D eigenvalue weighted by molar-refractivity contribution is 7.13. The Balaban J connectivity index is 1.54. The third kappa shape index (κ3) is 4.59. The Labute approximate surface area is 159 Å². The molecule has 1 saturated heterocycles. The van der Waals surface area contributed by atoms with Crippen molar-refractivity contribution < 1.29 is 14.4 Å². The van der Waals surface area contributed by atoms with Crippen molar-refractivity contribution in [3.05, 3.63) is 39.9 Å². The number of thiazole rings is 1. The number of nitrogens with one attached hydrogen (secondary N) is 3. The van der Waals surface area contributed by atoms with Crippen LogP contribution in [0.25, 0.3) is 0 Å². The minimum Gasteiger partial charge on any atom is -0.344 e. The topological polar surface area (TPSA) is 100 Å². The van der Waals surface area contributed by atoms with Crippen LogP contribution in [0.3, 0.4) is 0 Å². The van der Waals surface area contributed by atoms with E-state index in [1.54, 1.807) is 17.5 Å². The van der Waals surface area contributed by atoms with E-state index in [1.807, 2.05) is 13.0 Å². The van der Waals surface area contributed by atoms with Crippen LogP contribution in [0.5, 0.6) is 0 Å². The van der Waals surface area contributed by atoms with Crippen molar-refractivity contribution in [2.24, 2.45) is 0 Å². The number of carbonyl (C=O) groups is 3. The fourth-order valence-electron chi connectivity index (χ4n) is 2.49. The van der Waals surface area contributed by atoms with Gasteiger partial charge >= 0.3 is 0 Å². The number of nitrogens with zero attached hydrogens (tertiary/aromatic N) is 1. The maximum absolute atomic E-state index is 12.1. The molecule has 3 rings (SSSR count). The number of halogens is 1. The summed E-state index contributed by atoms with van der Waals surface area (Å²) >= 11 is 7.28. The molecule has 3 N–H and O–H groups in total. The van der Waals surface area contributed by atoms with Gasteiger partial charge in [-0.1, -0.05) is 17.7 Å². The standard InChI is InChI=1S/C17H17ClN4O3S/c1-9-2-3-10(6-12(9)18)19-15(24)7-11-8-26-17(20-11)22-16(25)13-4-5-14(23)21-13/h2-3,6,8,13H,4-5,7H2,1H3,(H,19,24)(H,21,23)(H,20,22,25). The van der Waals surface area contributed by atoms with Crippen molar-refractivity contribution in [2.45, 2.75) is 32.2 Å². The molecule has 1 aromatic heterocycles. The third-order valence-corrected chi connectivity index (χ3v) is 5.10. The van der Waals surface area contributed by atoms with Gasteiger partial charge in [-0.15, -0.1) is 11.3 Å². The Hall–Kier alpha value is -2.45. The van der Waals surface area contributed by atoms with Crippen LogP contribution in [-0.2, 0) is 20.8 Å². The molecule has 26 heavy (non-hydrogen) atoms. The minimum atomic E-state index is -0.524. The Kier molecular flexibility index (Phi) is 5.53. The van der Waals surface area contributed by atoms with Gasteiger partial charge in [-0.05, 0) is 31.0 Å². The van der Waals surface area contributed by atoms with Gasteiger partial charge in [-0.2, -0.15) is 0 Å². The molecule has 136 valence electrons. The highest BCUT2D eigenvalue weighted by Gasteiger charge is 2.27. The first-order chi connectivity index (χ1) is 12.4. The summed E-state index contributed by atoms with van der Waals surface area (Å²) in [6.07, 6.45) is 0.910. The number of hydrogen-bond donors (Lipinski definition) is 3. The maximum Gasteiger partial charge on any atom is 0.248 e. The predicted octanol–water partition coefficient (Wildman–Crippen LogP) is 2.50. The summed E-state index contributed by atoms with van der Waals surface area (Å²) in [6, 6.07) is 4.78. The van der Waals surface area contributed by atoms with Crippen molar-refractivity contribution in [1.29, 1.82) is 0 Å². The highest BCUT2D eigenvalue weighted by Crippen LogP contribution is 2.21. The molecule has 2 heterocycles. The van der Waals surface area contributed by atoms with Gasteiger partial charge in [0, 0.05) is 22.5 Å². The van der Waals surface area contributed by atoms with Crippen LogP contribution in [0.4, 0.5) is 10.8 Å². The number of amides is 3. The average Bonchev–Trinajstić information content (AvgIpc) is 3.20. The molecule has 1 atom stereocenters. The van der Waals surface area contributed by atoms with Crippen molar-refractivity contribution in [1.82, 2.24) is 10.3 Å². The van der Waals surface area contributed by atoms with Gasteiger partial charge in [-0.3, -0.25) is 14.4 Å². The Morgan fingerprint density at radius 1 is 1.38 bits per heavy atom. The SMILES string of the molecule is Cc1ccc(NC(=O)Cc2csc(NC(=O)C3CCC(=O)N3)n2)cc1Cl. The number of hydrogen-bond acceptors (Lipinski definition) is 5. The number of anilines is 2. The molecule has 0 saturated carbocycles. The lowest BCUT2D eigenvalue weighted by Crippen LogP contribution is -2.37. The quantitative estimate of drug-likeness (QED) is 0.727. The van der Waals surface area contributed by atoms with Crippen molar-refractivity contribution in [2.75, 3.05) is 10.6 Å². The molecule has 0 radical (unpaired) electrons. The maximum atomic E-state index is 12.1. The normalized spacial score (nSPS) is 16.2. The van der Waals surface area contributed by atoms with E-state index in [0.717, 1.165) is 5.56 Å². The molecule has 7 nitrogen and oxygen atoms in total. The van der Waals surface area contributed by atoms with E-state index in [0.29, 0.717) is 34.4 Å². The first-order valence-corrected chi connectivity index (χ1v) is 9.27. The van der Waals surface area contributed by atoms with Crippen molar-refractivity contribution in [3.8, 4) is 0 Å². The van der Waals surface area contributed by atoms with E-state index in [1.165, 1.54) is 11.3 Å². The van der Waals surface area contributed by atoms with Gasteiger partial charge in [-0.25, -0.2) is 4.98 Å². The zero-order valence-electron chi connectivity index (χ0n) is 14.0. The smallest absolute Gasteiger partial charge is 0.248 e. The summed E-state index contributed by atoms with van der Waals surface area (Å²) in [5, 5.41) is 10.7. The van der Waals surface area contributed by atoms with Crippen LogP contribution >= 0.6 is 22.9 Å². The number of benzene rings is 1. The number of carbonyl (C=O) groups excluding carboxylic acids is 3. The summed E-state index contributed by atoms with van der Waals surface area (Å²) in [5.41, 5.74) is 2.10. The predicted molar refractivity (Wildman–Crippen MR) is 100 cm³/mol. The zero-order chi connectivity index (χ0) is 18.7. The van der Waals surface area contributed by atoms with Gasteiger partial charge in [0.25, 0.3) is 0 Å². The first-order valence-electron chi connectivity index (χ1n) is 8.01. The van der Waals surface area contributed by atoms with Crippen LogP contribution < -0.4 is 16.0 Å². The summed E-state index contributed by atoms with van der Waals surface area (Å²) in [7, 11) is 0. The molecule has 1 aliphatic heterocycles. The van der Waals surface area contributed by atoms with Gasteiger partial charge in [0.1, 0.15) is 6.04 Å². The number of aromatic nitrogens is 1. The van der Waals surface area contributed by atoms with Gasteiger partial charge in [0.15, 0.2) is 5.13 Å². The average molecular weight is 393 g/mol. The fourth-order valence-corrected chi connectivity index (χ4v) is 3.38. The summed E-state index contributed by atoms with van der Waals surface area (Å²) in [5.74, 6) is -0.649. The van der Waals surface area contributed by atoms with E-state index >= 15 is 0 Å². The number of rotatable bonds is 5. The molecule has 0 bridgehead atoms. The lowest BCUT2D eigenvalue weighted by Gasteiger charge is -2.08. The second-order valence-electron chi connectivity index (χ2n) is 5.98. The highest BCUT2D eigenvalue weighted by atomic mass is 35.5. The molecule has 0 spiro atoms. The molecular formula is C17H17ClN4O3S. The number of aryl methyl sites for hydroxylation is 1. The van der Waals surface area contributed by atoms with Crippen molar-refractivity contribution in [3.63, 3.8) is 0 Å². The van der Waals surface area contributed by atoms with E-state index in [4.69, 9.17) is 11.6 Å². The van der Waals surface area contributed by atoms with Crippen molar-refractivity contribution >= 4 is 51.5 Å². The minimum absolute atomic E-state index is 0.0814. The van der Waals surface area contributed by atoms with E-state index in [-0.39, 0.29) is 24.1 Å². The second kappa shape index (κ2) is 7.84. The van der Waals surface area contributed by atoms with E-state index in [2.05, 4.69) is 20.9 Å². The second-order valence-corrected chi connectivity index (χ2v) is 7.25. The van der Waals surface area contributed by atoms with E-state index in [9.17, 15) is 14.4 Å². The van der Waals surface area contributed by atoms with Gasteiger partial charge in [0.05, 0.1) is 12.1 Å². The molecule has 2 aromatic rings. The monoisotopic (exact) mass is 392 g/mol. The van der Waals surface area contributed by atoms with E-state index < -0.39 is 6.04 Å². The van der Waals surface area contributed by atoms with Crippen LogP contribution in [-0.4, -0.2) is 28.7 Å². The fraction of sp³-hybridized carbons (Fsp3) is 0.294. The molecule has 1 aliphatic rings. The summed E-state index contributed by atoms with van der Waals surface area (Å²) in [6.45, 7) is 1.88. The Morgan fingerprint density at radius 3 is 2.88 bits per heavy atom. The molecule has 3 amide bonds. The third-order valence-electron chi connectivity index (χ3n) is 3.89. The Morgan fingerprint density at radius 2 is 2.19 bits per heavy atom. The largest absolute Gasteiger partial charge is 0.344 e. The van der Waals surface area contributed by atoms with Crippen LogP contribution in [0, 0.1) is 6.92 Å². The summed E-state index contributed by atoms with van der Waals surface area (Å²) in [4.78, 5) is 39.6. The molecule has 1 unspecified atom stereocenters.